The van der Waals surface area contributed by atoms with E-state index >= 15 is 0 Å². The molecule has 1 fully saturated rings. The highest BCUT2D eigenvalue weighted by Crippen LogP contribution is 2.26. The van der Waals surface area contributed by atoms with Crippen molar-refractivity contribution in [1.82, 2.24) is 24.5 Å². The first kappa shape index (κ1) is 17.7. The summed E-state index contributed by atoms with van der Waals surface area (Å²) < 4.78 is 16.3. The molecule has 0 aromatic carbocycles. The average molecular weight is 381 g/mol. The fourth-order valence-electron chi connectivity index (χ4n) is 3.31. The van der Waals surface area contributed by atoms with Crippen LogP contribution in [0, 0.1) is 17.1 Å². The number of aromatic nitrogens is 4. The number of carboxylic acid groups (broad SMARTS) is 1. The Balaban J connectivity index is 1.71. The maximum absolute atomic E-state index is 14.7. The van der Waals surface area contributed by atoms with Crippen molar-refractivity contribution in [3.05, 3.63) is 42.1 Å². The van der Waals surface area contributed by atoms with Crippen molar-refractivity contribution in [1.29, 1.82) is 5.26 Å². The molecule has 10 heteroatoms. The molecule has 1 aliphatic heterocycles. The average Bonchev–Trinajstić information content (AvgIpc) is 3.14. The quantitative estimate of drug-likeness (QED) is 0.714. The summed E-state index contributed by atoms with van der Waals surface area (Å²) in [5.41, 5.74) is 0.906. The fraction of sp³-hybridized carbons (Fsp3) is 0.278. The number of nitrogens with one attached hydrogen (secondary N) is 1. The van der Waals surface area contributed by atoms with Crippen LogP contribution in [-0.4, -0.2) is 54.8 Å². The van der Waals surface area contributed by atoms with E-state index in [1.807, 2.05) is 18.2 Å². The molecule has 0 unspecified atom stereocenters. The third kappa shape index (κ3) is 3.18. The lowest BCUT2D eigenvalue weighted by Crippen LogP contribution is -2.44. The number of hydrogen-bond donors (Lipinski definition) is 2. The van der Waals surface area contributed by atoms with Crippen LogP contribution in [0.25, 0.3) is 16.9 Å². The number of hydrogen-bond acceptors (Lipinski definition) is 6. The Labute approximate surface area is 159 Å². The lowest BCUT2D eigenvalue weighted by molar-refractivity contribution is 0.132. The highest BCUT2D eigenvalue weighted by molar-refractivity contribution is 5.76. The van der Waals surface area contributed by atoms with Crippen molar-refractivity contribution < 1.29 is 14.3 Å². The van der Waals surface area contributed by atoms with Crippen LogP contribution in [0.2, 0.25) is 0 Å². The summed E-state index contributed by atoms with van der Waals surface area (Å²) in [6.07, 6.45) is 3.62. The number of carbonyl (C=O) groups is 1. The van der Waals surface area contributed by atoms with E-state index in [2.05, 4.69) is 20.4 Å². The molecule has 1 amide bonds. The molecule has 0 bridgehead atoms. The number of halogens is 1. The molecule has 0 radical (unpaired) electrons. The molecule has 0 aliphatic carbocycles. The van der Waals surface area contributed by atoms with Gasteiger partial charge in [0.15, 0.2) is 17.3 Å². The van der Waals surface area contributed by atoms with Gasteiger partial charge >= 0.3 is 6.09 Å². The number of fused-ring (bicyclic) bond motifs is 1. The van der Waals surface area contributed by atoms with Gasteiger partial charge in [0.25, 0.3) is 0 Å². The summed E-state index contributed by atoms with van der Waals surface area (Å²) in [4.78, 5) is 20.8. The third-order valence-corrected chi connectivity index (χ3v) is 4.66. The van der Waals surface area contributed by atoms with E-state index in [9.17, 15) is 19.6 Å². The summed E-state index contributed by atoms with van der Waals surface area (Å²) in [6.45, 7) is 0.656. The van der Waals surface area contributed by atoms with Gasteiger partial charge in [-0.25, -0.2) is 19.3 Å². The number of nitriles is 1. The first-order valence-electron chi connectivity index (χ1n) is 8.71. The number of rotatable bonds is 3. The van der Waals surface area contributed by atoms with Gasteiger partial charge in [-0.1, -0.05) is 6.07 Å². The maximum atomic E-state index is 14.7. The minimum Gasteiger partial charge on any atom is -0.465 e. The minimum absolute atomic E-state index is 0.117. The number of nitrogens with zero attached hydrogens (tertiary/aromatic N) is 6. The Morgan fingerprint density at radius 3 is 3.04 bits per heavy atom. The predicted molar refractivity (Wildman–Crippen MR) is 97.1 cm³/mol. The van der Waals surface area contributed by atoms with Gasteiger partial charge in [-0.15, -0.1) is 0 Å². The zero-order valence-corrected chi connectivity index (χ0v) is 14.7. The van der Waals surface area contributed by atoms with Crippen molar-refractivity contribution in [3.63, 3.8) is 0 Å². The van der Waals surface area contributed by atoms with Gasteiger partial charge in [-0.05, 0) is 25.0 Å². The summed E-state index contributed by atoms with van der Waals surface area (Å²) in [6, 6.07) is 6.91. The van der Waals surface area contributed by atoms with E-state index in [4.69, 9.17) is 0 Å². The van der Waals surface area contributed by atoms with Gasteiger partial charge < -0.3 is 15.3 Å². The zero-order valence-electron chi connectivity index (χ0n) is 14.7. The molecule has 1 atom stereocenters. The van der Waals surface area contributed by atoms with E-state index in [-0.39, 0.29) is 29.9 Å². The van der Waals surface area contributed by atoms with Crippen LogP contribution in [0.1, 0.15) is 18.5 Å². The van der Waals surface area contributed by atoms with E-state index < -0.39 is 11.9 Å². The Morgan fingerprint density at radius 1 is 1.39 bits per heavy atom. The van der Waals surface area contributed by atoms with Crippen molar-refractivity contribution >= 4 is 17.4 Å². The first-order valence-corrected chi connectivity index (χ1v) is 8.71. The second kappa shape index (κ2) is 7.11. The molecule has 1 aliphatic rings. The molecule has 9 nitrogen and oxygen atoms in total. The van der Waals surface area contributed by atoms with E-state index in [0.717, 1.165) is 5.52 Å². The summed E-state index contributed by atoms with van der Waals surface area (Å²) >= 11 is 0. The summed E-state index contributed by atoms with van der Waals surface area (Å²) in [5, 5.41) is 25.6. The largest absolute Gasteiger partial charge is 0.465 e. The molecule has 3 aromatic heterocycles. The zero-order chi connectivity index (χ0) is 19.7. The lowest BCUT2D eigenvalue weighted by atomic mass is 10.1. The normalized spacial score (nSPS) is 16.7. The fourth-order valence-corrected chi connectivity index (χ4v) is 3.31. The van der Waals surface area contributed by atoms with Crippen molar-refractivity contribution in [2.75, 3.05) is 18.4 Å². The maximum Gasteiger partial charge on any atom is 0.407 e. The van der Waals surface area contributed by atoms with Crippen molar-refractivity contribution in [3.8, 4) is 17.5 Å². The third-order valence-electron chi connectivity index (χ3n) is 4.66. The van der Waals surface area contributed by atoms with Gasteiger partial charge in [-0.3, -0.25) is 0 Å². The van der Waals surface area contributed by atoms with Crippen LogP contribution in [0.4, 0.5) is 15.0 Å². The molecule has 4 heterocycles. The van der Waals surface area contributed by atoms with Crippen LogP contribution >= 0.6 is 0 Å². The minimum atomic E-state index is -1.01. The van der Waals surface area contributed by atoms with Crippen LogP contribution in [0.3, 0.4) is 0 Å². The van der Waals surface area contributed by atoms with E-state index in [0.29, 0.717) is 24.9 Å². The van der Waals surface area contributed by atoms with Gasteiger partial charge in [0.05, 0.1) is 17.3 Å². The monoisotopic (exact) mass is 381 g/mol. The molecular weight excluding hydrogens is 365 g/mol. The Morgan fingerprint density at radius 2 is 2.25 bits per heavy atom. The second-order valence-corrected chi connectivity index (χ2v) is 6.47. The molecule has 1 saturated heterocycles. The Hall–Kier alpha value is -3.74. The van der Waals surface area contributed by atoms with Gasteiger partial charge in [0.1, 0.15) is 6.07 Å². The number of anilines is 1. The molecular formula is C18H16FN7O2. The molecule has 0 spiro atoms. The predicted octanol–water partition coefficient (Wildman–Crippen LogP) is 2.36. The van der Waals surface area contributed by atoms with E-state index in [1.54, 1.807) is 23.0 Å². The van der Waals surface area contributed by atoms with E-state index in [1.165, 1.54) is 4.90 Å². The van der Waals surface area contributed by atoms with Gasteiger partial charge in [0.2, 0.25) is 5.82 Å². The van der Waals surface area contributed by atoms with Crippen molar-refractivity contribution in [2.24, 2.45) is 0 Å². The highest BCUT2D eigenvalue weighted by atomic mass is 19.1. The van der Waals surface area contributed by atoms with Crippen LogP contribution in [0.5, 0.6) is 0 Å². The highest BCUT2D eigenvalue weighted by Gasteiger charge is 2.25. The van der Waals surface area contributed by atoms with Crippen LogP contribution in [-0.2, 0) is 0 Å². The molecule has 2 N–H and O–H groups in total. The molecule has 142 valence electrons. The topological polar surface area (TPSA) is 119 Å². The molecule has 4 rings (SSSR count). The smallest absolute Gasteiger partial charge is 0.407 e. The van der Waals surface area contributed by atoms with Crippen molar-refractivity contribution in [2.45, 2.75) is 18.9 Å². The SMILES string of the molecule is N#Cc1nc(-c2cnn3ccccc23)nc(N[C@@H]2CCCN(C(=O)O)C2)c1F. The number of piperidine rings is 1. The number of amides is 1. The van der Waals surface area contributed by atoms with Gasteiger partial charge in [0, 0.05) is 25.3 Å². The molecule has 28 heavy (non-hydrogen) atoms. The number of pyridine rings is 1. The second-order valence-electron chi connectivity index (χ2n) is 6.47. The molecule has 0 saturated carbocycles. The first-order chi connectivity index (χ1) is 13.6. The standard InChI is InChI=1S/C18H16FN7O2/c19-15-13(8-20)23-16(12-9-21-26-7-2-1-5-14(12)26)24-17(15)22-11-4-3-6-25(10-11)18(27)28/h1-2,5,7,9,11H,3-4,6,10H2,(H,27,28)(H,22,23,24)/t11-/m1/s1. The summed E-state index contributed by atoms with van der Waals surface area (Å²) in [5.74, 6) is -0.795. The number of likely N-dealkylation sites (tertiary alicyclic amines) is 1. The Kier molecular flexibility index (Phi) is 4.49. The molecule has 3 aromatic rings. The van der Waals surface area contributed by atoms with Crippen LogP contribution in [0.15, 0.2) is 30.6 Å². The van der Waals surface area contributed by atoms with Gasteiger partial charge in [-0.2, -0.15) is 14.8 Å². The lowest BCUT2D eigenvalue weighted by Gasteiger charge is -2.31. The van der Waals surface area contributed by atoms with Crippen LogP contribution < -0.4 is 5.32 Å². The Bertz CT molecular complexity index is 1090. The summed E-state index contributed by atoms with van der Waals surface area (Å²) in [7, 11) is 0.